The lowest BCUT2D eigenvalue weighted by molar-refractivity contribution is -0.116. The molecule has 1 fully saturated rings. The zero-order chi connectivity index (χ0) is 22.3. The van der Waals surface area contributed by atoms with Crippen molar-refractivity contribution in [2.24, 2.45) is 0 Å². The molecule has 160 valence electrons. The van der Waals surface area contributed by atoms with Gasteiger partial charge in [0.2, 0.25) is 5.91 Å². The van der Waals surface area contributed by atoms with Crippen LogP contribution in [0.25, 0.3) is 0 Å². The van der Waals surface area contributed by atoms with E-state index in [0.717, 1.165) is 23.3 Å². The van der Waals surface area contributed by atoms with E-state index in [9.17, 15) is 19.2 Å². The highest BCUT2D eigenvalue weighted by Gasteiger charge is 2.37. The van der Waals surface area contributed by atoms with Gasteiger partial charge < -0.3 is 10.2 Å². The second-order valence-corrected chi connectivity index (χ2v) is 8.37. The molecule has 1 saturated heterocycles. The Morgan fingerprint density at radius 2 is 1.58 bits per heavy atom. The molecule has 0 spiro atoms. The Morgan fingerprint density at radius 1 is 1.00 bits per heavy atom. The van der Waals surface area contributed by atoms with Crippen molar-refractivity contribution in [2.45, 2.75) is 19.8 Å². The minimum atomic E-state index is -0.619. The quantitative estimate of drug-likeness (QED) is 0.704. The standard InChI is InChI=1S/C22H19Cl2N3O4/c1-12-5-4-6-17(19(12)22(31)26-7-2-3-8-26)25-18(28)11-27-20(29)13-9-15(23)16(24)10-14(13)21(27)30/h4-6,9-10H,2-3,7-8,11H2,1H3,(H,25,28). The van der Waals surface area contributed by atoms with Crippen molar-refractivity contribution in [3.63, 3.8) is 0 Å². The van der Waals surface area contributed by atoms with Crippen LogP contribution in [-0.2, 0) is 4.79 Å². The van der Waals surface area contributed by atoms with E-state index in [2.05, 4.69) is 5.32 Å². The van der Waals surface area contributed by atoms with Crippen molar-refractivity contribution < 1.29 is 19.2 Å². The molecule has 0 bridgehead atoms. The van der Waals surface area contributed by atoms with Crippen LogP contribution in [0.2, 0.25) is 10.0 Å². The number of imide groups is 1. The Labute approximate surface area is 188 Å². The number of halogens is 2. The van der Waals surface area contributed by atoms with E-state index in [1.165, 1.54) is 12.1 Å². The molecule has 0 aromatic heterocycles. The maximum atomic E-state index is 13.0. The van der Waals surface area contributed by atoms with E-state index >= 15 is 0 Å². The Hall–Kier alpha value is -2.90. The number of hydrogen-bond donors (Lipinski definition) is 1. The van der Waals surface area contributed by atoms with Crippen LogP contribution in [0.3, 0.4) is 0 Å². The van der Waals surface area contributed by atoms with Gasteiger partial charge in [0.1, 0.15) is 6.54 Å². The third-order valence-corrected chi connectivity index (χ3v) is 6.19. The van der Waals surface area contributed by atoms with Crippen LogP contribution < -0.4 is 5.32 Å². The first-order valence-electron chi connectivity index (χ1n) is 9.82. The first-order chi connectivity index (χ1) is 14.8. The molecule has 31 heavy (non-hydrogen) atoms. The number of anilines is 1. The molecule has 2 aliphatic heterocycles. The second-order valence-electron chi connectivity index (χ2n) is 7.55. The maximum absolute atomic E-state index is 13.0. The number of rotatable bonds is 4. The van der Waals surface area contributed by atoms with Gasteiger partial charge in [-0.2, -0.15) is 0 Å². The zero-order valence-electron chi connectivity index (χ0n) is 16.7. The highest BCUT2D eigenvalue weighted by atomic mass is 35.5. The summed E-state index contributed by atoms with van der Waals surface area (Å²) in [5.41, 5.74) is 1.71. The molecule has 2 aromatic carbocycles. The van der Waals surface area contributed by atoms with Crippen molar-refractivity contribution >= 4 is 52.5 Å². The smallest absolute Gasteiger partial charge is 0.262 e. The van der Waals surface area contributed by atoms with Crippen molar-refractivity contribution in [3.8, 4) is 0 Å². The molecule has 0 unspecified atom stereocenters. The van der Waals surface area contributed by atoms with Crippen molar-refractivity contribution in [3.05, 3.63) is 62.6 Å². The zero-order valence-corrected chi connectivity index (χ0v) is 18.2. The summed E-state index contributed by atoms with van der Waals surface area (Å²) in [6, 6.07) is 7.82. The van der Waals surface area contributed by atoms with Crippen LogP contribution in [-0.4, -0.2) is 53.1 Å². The molecular weight excluding hydrogens is 441 g/mol. The van der Waals surface area contributed by atoms with Gasteiger partial charge in [-0.15, -0.1) is 0 Å². The normalized spacial score (nSPS) is 15.5. The second kappa shape index (κ2) is 8.32. The summed E-state index contributed by atoms with van der Waals surface area (Å²) < 4.78 is 0. The SMILES string of the molecule is Cc1cccc(NC(=O)CN2C(=O)c3cc(Cl)c(Cl)cc3C2=O)c1C(=O)N1CCCC1. The van der Waals surface area contributed by atoms with Gasteiger partial charge in [0, 0.05) is 13.1 Å². The van der Waals surface area contributed by atoms with Crippen LogP contribution in [0.4, 0.5) is 5.69 Å². The van der Waals surface area contributed by atoms with Gasteiger partial charge in [-0.3, -0.25) is 24.1 Å². The molecular formula is C22H19Cl2N3O4. The van der Waals surface area contributed by atoms with E-state index in [0.29, 0.717) is 24.3 Å². The highest BCUT2D eigenvalue weighted by Crippen LogP contribution is 2.31. The van der Waals surface area contributed by atoms with Gasteiger partial charge in [-0.25, -0.2) is 0 Å². The predicted octanol–water partition coefficient (Wildman–Crippen LogP) is 3.77. The summed E-state index contributed by atoms with van der Waals surface area (Å²) in [5.74, 6) is -1.97. The lowest BCUT2D eigenvalue weighted by atomic mass is 10.0. The summed E-state index contributed by atoms with van der Waals surface area (Å²) in [6.07, 6.45) is 1.90. The molecule has 9 heteroatoms. The van der Waals surface area contributed by atoms with E-state index in [1.54, 1.807) is 30.0 Å². The van der Waals surface area contributed by atoms with E-state index in [4.69, 9.17) is 23.2 Å². The number of carbonyl (C=O) groups excluding carboxylic acids is 4. The third-order valence-electron chi connectivity index (χ3n) is 5.47. The first-order valence-corrected chi connectivity index (χ1v) is 10.6. The summed E-state index contributed by atoms with van der Waals surface area (Å²) in [7, 11) is 0. The largest absolute Gasteiger partial charge is 0.339 e. The summed E-state index contributed by atoms with van der Waals surface area (Å²) in [4.78, 5) is 53.5. The average Bonchev–Trinajstić information content (AvgIpc) is 3.33. The van der Waals surface area contributed by atoms with E-state index < -0.39 is 24.3 Å². The molecule has 0 atom stereocenters. The minimum Gasteiger partial charge on any atom is -0.339 e. The first kappa shape index (κ1) is 21.3. The number of fused-ring (bicyclic) bond motifs is 1. The topological polar surface area (TPSA) is 86.8 Å². The monoisotopic (exact) mass is 459 g/mol. The molecule has 2 heterocycles. The average molecular weight is 460 g/mol. The Balaban J connectivity index is 1.54. The Morgan fingerprint density at radius 3 is 2.16 bits per heavy atom. The van der Waals surface area contributed by atoms with Gasteiger partial charge >= 0.3 is 0 Å². The Bertz CT molecular complexity index is 1080. The number of aryl methyl sites for hydroxylation is 1. The molecule has 0 saturated carbocycles. The number of amides is 4. The summed E-state index contributed by atoms with van der Waals surface area (Å²) >= 11 is 11.9. The van der Waals surface area contributed by atoms with Gasteiger partial charge in [0.15, 0.2) is 0 Å². The van der Waals surface area contributed by atoms with Crippen molar-refractivity contribution in [2.75, 3.05) is 25.0 Å². The molecule has 4 amide bonds. The van der Waals surface area contributed by atoms with Crippen LogP contribution in [0.5, 0.6) is 0 Å². The molecule has 2 aromatic rings. The number of likely N-dealkylation sites (tertiary alicyclic amines) is 1. The highest BCUT2D eigenvalue weighted by molar-refractivity contribution is 6.43. The molecule has 7 nitrogen and oxygen atoms in total. The van der Waals surface area contributed by atoms with Gasteiger partial charge in [0.05, 0.1) is 32.4 Å². The van der Waals surface area contributed by atoms with Crippen molar-refractivity contribution in [1.29, 1.82) is 0 Å². The number of nitrogens with one attached hydrogen (secondary N) is 1. The van der Waals surface area contributed by atoms with Crippen LogP contribution in [0.15, 0.2) is 30.3 Å². The third kappa shape index (κ3) is 3.91. The summed E-state index contributed by atoms with van der Waals surface area (Å²) in [6.45, 7) is 2.67. The minimum absolute atomic E-state index is 0.104. The van der Waals surface area contributed by atoms with Gasteiger partial charge in [-0.1, -0.05) is 35.3 Å². The van der Waals surface area contributed by atoms with Crippen LogP contribution in [0, 0.1) is 6.92 Å². The molecule has 1 N–H and O–H groups in total. The van der Waals surface area contributed by atoms with Crippen molar-refractivity contribution in [1.82, 2.24) is 9.80 Å². The number of nitrogens with zero attached hydrogens (tertiary/aromatic N) is 2. The number of hydrogen-bond acceptors (Lipinski definition) is 4. The van der Waals surface area contributed by atoms with Gasteiger partial charge in [0.25, 0.3) is 17.7 Å². The fraction of sp³-hybridized carbons (Fsp3) is 0.273. The molecule has 2 aliphatic rings. The fourth-order valence-corrected chi connectivity index (χ4v) is 4.22. The van der Waals surface area contributed by atoms with E-state index in [1.807, 2.05) is 0 Å². The number of benzene rings is 2. The van der Waals surface area contributed by atoms with Crippen LogP contribution in [0.1, 0.15) is 49.5 Å². The molecule has 4 rings (SSSR count). The van der Waals surface area contributed by atoms with Crippen LogP contribution >= 0.6 is 23.2 Å². The maximum Gasteiger partial charge on any atom is 0.262 e. The number of carbonyl (C=O) groups is 4. The lowest BCUT2D eigenvalue weighted by Gasteiger charge is -2.20. The van der Waals surface area contributed by atoms with E-state index in [-0.39, 0.29) is 27.1 Å². The molecule has 0 aliphatic carbocycles. The molecule has 0 radical (unpaired) electrons. The lowest BCUT2D eigenvalue weighted by Crippen LogP contribution is -2.38. The van der Waals surface area contributed by atoms with Gasteiger partial charge in [-0.05, 0) is 43.5 Å². The Kier molecular flexibility index (Phi) is 5.73. The fourth-order valence-electron chi connectivity index (χ4n) is 3.89. The predicted molar refractivity (Wildman–Crippen MR) is 117 cm³/mol. The summed E-state index contributed by atoms with van der Waals surface area (Å²) in [5, 5.41) is 2.99.